The van der Waals surface area contributed by atoms with E-state index >= 15 is 0 Å². The maximum Gasteiger partial charge on any atom is 0.110 e. The van der Waals surface area contributed by atoms with Crippen LogP contribution in [0, 0.1) is 0 Å². The lowest BCUT2D eigenvalue weighted by Gasteiger charge is -2.25. The second kappa shape index (κ2) is 7.99. The van der Waals surface area contributed by atoms with Crippen LogP contribution in [0.5, 0.6) is 0 Å². The minimum atomic E-state index is 0.417. The number of hydrogen-bond donors (Lipinski definition) is 1. The van der Waals surface area contributed by atoms with Gasteiger partial charge in [0.2, 0.25) is 0 Å². The average molecular weight is 285 g/mol. The summed E-state index contributed by atoms with van der Waals surface area (Å²) in [5, 5.41) is 3.70. The van der Waals surface area contributed by atoms with E-state index in [0.29, 0.717) is 12.0 Å². The molecule has 0 bridgehead atoms. The van der Waals surface area contributed by atoms with Crippen LogP contribution in [0.15, 0.2) is 42.7 Å². The summed E-state index contributed by atoms with van der Waals surface area (Å²) in [6.07, 6.45) is 6.10. The molecule has 1 N–H and O–H groups in total. The number of nitrogens with one attached hydrogen (secondary N) is 1. The smallest absolute Gasteiger partial charge is 0.110 e. The Morgan fingerprint density at radius 2 is 1.95 bits per heavy atom. The number of imidazole rings is 1. The van der Waals surface area contributed by atoms with Gasteiger partial charge in [0.1, 0.15) is 5.82 Å². The van der Waals surface area contributed by atoms with Crippen LogP contribution in [0.2, 0.25) is 0 Å². The molecule has 0 radical (unpaired) electrons. The molecule has 0 spiro atoms. The molecule has 3 nitrogen and oxygen atoms in total. The molecule has 0 saturated carbocycles. The van der Waals surface area contributed by atoms with E-state index in [1.54, 1.807) is 0 Å². The molecule has 1 aromatic heterocycles. The molecule has 21 heavy (non-hydrogen) atoms. The highest BCUT2D eigenvalue weighted by atomic mass is 15.1. The van der Waals surface area contributed by atoms with E-state index in [1.807, 2.05) is 6.20 Å². The number of benzene rings is 1. The van der Waals surface area contributed by atoms with Gasteiger partial charge in [0, 0.05) is 31.4 Å². The van der Waals surface area contributed by atoms with Crippen LogP contribution in [-0.2, 0) is 13.0 Å². The lowest BCUT2D eigenvalue weighted by Crippen LogP contribution is -2.37. The molecular formula is C18H27N3. The lowest BCUT2D eigenvalue weighted by molar-refractivity contribution is 0.433. The van der Waals surface area contributed by atoms with Crippen molar-refractivity contribution in [1.29, 1.82) is 0 Å². The molecule has 0 aliphatic carbocycles. The van der Waals surface area contributed by atoms with Crippen molar-refractivity contribution >= 4 is 0 Å². The molecule has 0 amide bonds. The topological polar surface area (TPSA) is 29.9 Å². The Hall–Kier alpha value is -1.61. The van der Waals surface area contributed by atoms with Crippen molar-refractivity contribution in [2.24, 2.45) is 0 Å². The van der Waals surface area contributed by atoms with Crippen molar-refractivity contribution in [3.8, 4) is 0 Å². The van der Waals surface area contributed by atoms with E-state index < -0.39 is 0 Å². The van der Waals surface area contributed by atoms with Crippen LogP contribution in [0.3, 0.4) is 0 Å². The van der Waals surface area contributed by atoms with Gasteiger partial charge in [-0.15, -0.1) is 0 Å². The van der Waals surface area contributed by atoms with E-state index in [0.717, 1.165) is 25.9 Å². The first-order chi connectivity index (χ1) is 10.3. The molecule has 2 atom stereocenters. The molecule has 2 rings (SSSR count). The normalized spacial score (nSPS) is 14.0. The molecule has 1 heterocycles. The van der Waals surface area contributed by atoms with E-state index in [2.05, 4.69) is 72.2 Å². The SMILES string of the molecule is CCCNC(Cc1nccn1CC)C(C)c1ccccc1. The molecular weight excluding hydrogens is 258 g/mol. The summed E-state index contributed by atoms with van der Waals surface area (Å²) in [5.74, 6) is 1.65. The first-order valence-electron chi connectivity index (χ1n) is 8.04. The molecule has 0 aliphatic rings. The highest BCUT2D eigenvalue weighted by molar-refractivity contribution is 5.21. The molecule has 0 saturated heterocycles. The third-order valence-corrected chi connectivity index (χ3v) is 4.13. The first-order valence-corrected chi connectivity index (χ1v) is 8.04. The van der Waals surface area contributed by atoms with Crippen molar-refractivity contribution in [2.75, 3.05) is 6.54 Å². The highest BCUT2D eigenvalue weighted by Gasteiger charge is 2.20. The van der Waals surface area contributed by atoms with E-state index in [1.165, 1.54) is 11.4 Å². The molecule has 2 aromatic rings. The molecule has 0 aliphatic heterocycles. The number of nitrogens with zero attached hydrogens (tertiary/aromatic N) is 2. The maximum atomic E-state index is 4.53. The highest BCUT2D eigenvalue weighted by Crippen LogP contribution is 2.21. The fourth-order valence-electron chi connectivity index (χ4n) is 2.76. The number of hydrogen-bond acceptors (Lipinski definition) is 2. The molecule has 1 aromatic carbocycles. The Morgan fingerprint density at radius 3 is 2.62 bits per heavy atom. The van der Waals surface area contributed by atoms with Gasteiger partial charge in [0.25, 0.3) is 0 Å². The zero-order valence-electron chi connectivity index (χ0n) is 13.4. The minimum absolute atomic E-state index is 0.417. The summed E-state index contributed by atoms with van der Waals surface area (Å²) < 4.78 is 2.23. The van der Waals surface area contributed by atoms with Crippen LogP contribution in [-0.4, -0.2) is 22.1 Å². The summed E-state index contributed by atoms with van der Waals surface area (Å²) in [5.41, 5.74) is 1.39. The largest absolute Gasteiger partial charge is 0.335 e. The standard InChI is InChI=1S/C18H27N3/c1-4-11-19-17(14-18-20-12-13-21(18)5-2)15(3)16-9-7-6-8-10-16/h6-10,12-13,15,17,19H,4-5,11,14H2,1-3H3. The third-order valence-electron chi connectivity index (χ3n) is 4.13. The van der Waals surface area contributed by atoms with Gasteiger partial charge in [-0.2, -0.15) is 0 Å². The minimum Gasteiger partial charge on any atom is -0.335 e. The average Bonchev–Trinajstić information content (AvgIpc) is 2.98. The second-order valence-electron chi connectivity index (χ2n) is 5.59. The van der Waals surface area contributed by atoms with Gasteiger partial charge in [0.15, 0.2) is 0 Å². The summed E-state index contributed by atoms with van der Waals surface area (Å²) >= 11 is 0. The fraction of sp³-hybridized carbons (Fsp3) is 0.500. The number of aryl methyl sites for hydroxylation is 1. The van der Waals surface area contributed by atoms with Crippen molar-refractivity contribution < 1.29 is 0 Å². The van der Waals surface area contributed by atoms with E-state index in [9.17, 15) is 0 Å². The van der Waals surface area contributed by atoms with Gasteiger partial charge in [-0.1, -0.05) is 44.2 Å². The first kappa shape index (κ1) is 15.8. The van der Waals surface area contributed by atoms with Gasteiger partial charge in [-0.25, -0.2) is 4.98 Å². The third kappa shape index (κ3) is 4.18. The molecule has 114 valence electrons. The Balaban J connectivity index is 2.14. The van der Waals surface area contributed by atoms with Gasteiger partial charge < -0.3 is 9.88 Å². The van der Waals surface area contributed by atoms with Crippen molar-refractivity contribution in [2.45, 2.75) is 52.1 Å². The van der Waals surface area contributed by atoms with E-state index in [4.69, 9.17) is 0 Å². The Kier molecular flexibility index (Phi) is 6.00. The summed E-state index contributed by atoms with van der Waals surface area (Å²) in [6.45, 7) is 8.72. The van der Waals surface area contributed by atoms with Crippen LogP contribution >= 0.6 is 0 Å². The summed E-state index contributed by atoms with van der Waals surface area (Å²) in [7, 11) is 0. The molecule has 2 unspecified atom stereocenters. The van der Waals surface area contributed by atoms with Crippen molar-refractivity contribution in [1.82, 2.24) is 14.9 Å². The number of rotatable bonds is 8. The van der Waals surface area contributed by atoms with Crippen LogP contribution < -0.4 is 5.32 Å². The quantitative estimate of drug-likeness (QED) is 0.803. The second-order valence-corrected chi connectivity index (χ2v) is 5.59. The molecule has 3 heteroatoms. The predicted molar refractivity (Wildman–Crippen MR) is 88.5 cm³/mol. The van der Waals surface area contributed by atoms with Gasteiger partial charge in [-0.05, 0) is 31.4 Å². The van der Waals surface area contributed by atoms with Crippen LogP contribution in [0.25, 0.3) is 0 Å². The van der Waals surface area contributed by atoms with Gasteiger partial charge in [0.05, 0.1) is 0 Å². The monoisotopic (exact) mass is 285 g/mol. The predicted octanol–water partition coefficient (Wildman–Crippen LogP) is 3.62. The summed E-state index contributed by atoms with van der Waals surface area (Å²) in [6, 6.07) is 11.2. The molecule has 0 fully saturated rings. The van der Waals surface area contributed by atoms with Crippen LogP contribution in [0.1, 0.15) is 44.5 Å². The number of aromatic nitrogens is 2. The zero-order valence-corrected chi connectivity index (χ0v) is 13.4. The Morgan fingerprint density at radius 1 is 1.19 bits per heavy atom. The van der Waals surface area contributed by atoms with Gasteiger partial charge >= 0.3 is 0 Å². The van der Waals surface area contributed by atoms with Crippen molar-refractivity contribution in [3.63, 3.8) is 0 Å². The van der Waals surface area contributed by atoms with E-state index in [-0.39, 0.29) is 0 Å². The zero-order chi connectivity index (χ0) is 15.1. The Bertz CT molecular complexity index is 518. The Labute approximate surface area is 128 Å². The van der Waals surface area contributed by atoms with Crippen molar-refractivity contribution in [3.05, 3.63) is 54.1 Å². The van der Waals surface area contributed by atoms with Gasteiger partial charge in [-0.3, -0.25) is 0 Å². The maximum absolute atomic E-state index is 4.53. The summed E-state index contributed by atoms with van der Waals surface area (Å²) in [4.78, 5) is 4.53. The fourth-order valence-corrected chi connectivity index (χ4v) is 2.76. The lowest BCUT2D eigenvalue weighted by atomic mass is 9.91. The van der Waals surface area contributed by atoms with Crippen LogP contribution in [0.4, 0.5) is 0 Å².